The number of carbonyl (C=O) groups is 1. The summed E-state index contributed by atoms with van der Waals surface area (Å²) in [5.74, 6) is 0.672. The van der Waals surface area contributed by atoms with E-state index in [2.05, 4.69) is 22.6 Å². The number of hydrogen-bond acceptors (Lipinski definition) is 1. The van der Waals surface area contributed by atoms with Gasteiger partial charge in [0.1, 0.15) is 0 Å². The molecular weight excluding hydrogens is 361 g/mol. The molecule has 18 heavy (non-hydrogen) atoms. The molecule has 1 amide bonds. The maximum atomic E-state index is 12.5. The molecule has 2 aliphatic carbocycles. The Morgan fingerprint density at radius 2 is 1.61 bits per heavy atom. The van der Waals surface area contributed by atoms with Gasteiger partial charge in [0.15, 0.2) is 0 Å². The van der Waals surface area contributed by atoms with Gasteiger partial charge < -0.3 is 4.90 Å². The van der Waals surface area contributed by atoms with Crippen LogP contribution in [0, 0.1) is 5.92 Å². The molecule has 2 fully saturated rings. The number of rotatable bonds is 2. The maximum absolute atomic E-state index is 12.5. The van der Waals surface area contributed by atoms with Gasteiger partial charge in [0.2, 0.25) is 5.91 Å². The Balaban J connectivity index is 1.84. The van der Waals surface area contributed by atoms with E-state index in [0.717, 1.165) is 42.4 Å². The first-order valence-electron chi connectivity index (χ1n) is 7.12. The third-order valence-corrected chi connectivity index (χ3v) is 6.21. The normalized spacial score (nSPS) is 37.3. The fourth-order valence-corrected chi connectivity index (χ4v) is 4.16. The Kier molecular flexibility index (Phi) is 5.61. The van der Waals surface area contributed by atoms with Crippen molar-refractivity contribution in [2.45, 2.75) is 66.7 Å². The van der Waals surface area contributed by atoms with Crippen LogP contribution in [0.2, 0.25) is 0 Å². The molecule has 0 N–H and O–H groups in total. The van der Waals surface area contributed by atoms with Gasteiger partial charge in [-0.3, -0.25) is 4.79 Å². The van der Waals surface area contributed by atoms with Crippen molar-refractivity contribution in [3.8, 4) is 0 Å². The zero-order valence-corrected chi connectivity index (χ0v) is 14.0. The Morgan fingerprint density at radius 1 is 1.06 bits per heavy atom. The van der Waals surface area contributed by atoms with E-state index in [1.54, 1.807) is 0 Å². The zero-order valence-electron chi connectivity index (χ0n) is 11.1. The topological polar surface area (TPSA) is 20.3 Å². The molecule has 0 aliphatic heterocycles. The molecule has 0 atom stereocenters. The van der Waals surface area contributed by atoms with E-state index in [-0.39, 0.29) is 5.92 Å². The fraction of sp³-hybridized carbons (Fsp3) is 0.929. The smallest absolute Gasteiger partial charge is 0.225 e. The first kappa shape index (κ1) is 14.9. The van der Waals surface area contributed by atoms with Crippen LogP contribution in [0.5, 0.6) is 0 Å². The van der Waals surface area contributed by atoms with Crippen LogP contribution in [-0.4, -0.2) is 33.2 Å². The van der Waals surface area contributed by atoms with Crippen molar-refractivity contribution in [2.75, 3.05) is 7.05 Å². The highest BCUT2D eigenvalue weighted by Gasteiger charge is 2.31. The quantitative estimate of drug-likeness (QED) is 0.521. The molecule has 104 valence electrons. The van der Waals surface area contributed by atoms with E-state index in [4.69, 9.17) is 11.6 Å². The van der Waals surface area contributed by atoms with E-state index in [9.17, 15) is 4.79 Å². The van der Waals surface area contributed by atoms with Crippen molar-refractivity contribution in [1.29, 1.82) is 0 Å². The predicted octanol–water partition coefficient (Wildman–Crippen LogP) is 3.99. The summed E-state index contributed by atoms with van der Waals surface area (Å²) in [6.45, 7) is 0. The molecule has 0 unspecified atom stereocenters. The van der Waals surface area contributed by atoms with Crippen LogP contribution in [-0.2, 0) is 4.79 Å². The Bertz CT molecular complexity index is 284. The van der Waals surface area contributed by atoms with Crippen molar-refractivity contribution >= 4 is 40.1 Å². The van der Waals surface area contributed by atoms with Crippen molar-refractivity contribution in [1.82, 2.24) is 4.90 Å². The van der Waals surface area contributed by atoms with Crippen molar-refractivity contribution in [3.63, 3.8) is 0 Å². The first-order valence-corrected chi connectivity index (χ1v) is 8.81. The summed E-state index contributed by atoms with van der Waals surface area (Å²) in [5.41, 5.74) is 0. The number of halogens is 2. The van der Waals surface area contributed by atoms with Gasteiger partial charge in [-0.2, -0.15) is 0 Å². The highest BCUT2D eigenvalue weighted by atomic mass is 127. The fourth-order valence-electron chi connectivity index (χ4n) is 3.19. The van der Waals surface area contributed by atoms with Crippen LogP contribution in [0.15, 0.2) is 0 Å². The SMILES string of the molecule is CN(C(=O)C1CCC(I)CC1)C1CCC(Cl)CC1. The van der Waals surface area contributed by atoms with Gasteiger partial charge in [-0.15, -0.1) is 11.6 Å². The average Bonchev–Trinajstić information content (AvgIpc) is 2.39. The van der Waals surface area contributed by atoms with E-state index >= 15 is 0 Å². The van der Waals surface area contributed by atoms with Crippen molar-refractivity contribution in [3.05, 3.63) is 0 Å². The summed E-state index contributed by atoms with van der Waals surface area (Å²) >= 11 is 8.64. The highest BCUT2D eigenvalue weighted by molar-refractivity contribution is 14.1. The van der Waals surface area contributed by atoms with Crippen LogP contribution in [0.4, 0.5) is 0 Å². The molecule has 2 rings (SSSR count). The second kappa shape index (κ2) is 6.78. The molecule has 0 bridgehead atoms. The molecule has 0 aromatic carbocycles. The summed E-state index contributed by atoms with van der Waals surface area (Å²) in [7, 11) is 2.00. The lowest BCUT2D eigenvalue weighted by Crippen LogP contribution is -2.43. The van der Waals surface area contributed by atoms with Gasteiger partial charge in [0, 0.05) is 28.3 Å². The number of nitrogens with zero attached hydrogens (tertiary/aromatic N) is 1. The number of carbonyl (C=O) groups excluding carboxylic acids is 1. The van der Waals surface area contributed by atoms with Crippen molar-refractivity contribution < 1.29 is 4.79 Å². The highest BCUT2D eigenvalue weighted by Crippen LogP contribution is 2.32. The summed E-state index contributed by atoms with van der Waals surface area (Å²) in [6.07, 6.45) is 8.87. The van der Waals surface area contributed by atoms with Gasteiger partial charge >= 0.3 is 0 Å². The van der Waals surface area contributed by atoms with Crippen LogP contribution in [0.1, 0.15) is 51.4 Å². The molecule has 0 heterocycles. The third-order valence-electron chi connectivity index (χ3n) is 4.53. The van der Waals surface area contributed by atoms with E-state index < -0.39 is 0 Å². The van der Waals surface area contributed by atoms with Crippen LogP contribution in [0.3, 0.4) is 0 Å². The average molecular weight is 384 g/mol. The molecule has 0 saturated heterocycles. The lowest BCUT2D eigenvalue weighted by atomic mass is 9.87. The minimum absolute atomic E-state index is 0.287. The molecule has 0 aromatic heterocycles. The summed E-state index contributed by atoms with van der Waals surface area (Å²) < 4.78 is 0.781. The molecule has 0 aromatic rings. The molecule has 0 spiro atoms. The number of alkyl halides is 2. The largest absolute Gasteiger partial charge is 0.343 e. The molecule has 2 aliphatic rings. The minimum atomic E-state index is 0.287. The molecule has 2 saturated carbocycles. The van der Waals surface area contributed by atoms with E-state index in [1.807, 2.05) is 11.9 Å². The van der Waals surface area contributed by atoms with Crippen LogP contribution >= 0.6 is 34.2 Å². The number of amides is 1. The van der Waals surface area contributed by atoms with E-state index in [0.29, 0.717) is 17.3 Å². The van der Waals surface area contributed by atoms with Gasteiger partial charge in [0.25, 0.3) is 0 Å². The summed E-state index contributed by atoms with van der Waals surface area (Å²) in [5, 5.41) is 0.333. The monoisotopic (exact) mass is 383 g/mol. The van der Waals surface area contributed by atoms with Gasteiger partial charge in [-0.25, -0.2) is 0 Å². The second-order valence-corrected chi connectivity index (χ2v) is 8.18. The third kappa shape index (κ3) is 3.75. The standard InChI is InChI=1S/C14H23ClINO/c1-17(13-8-4-11(15)5-9-13)14(18)10-2-6-12(16)7-3-10/h10-13H,2-9H2,1H3. The van der Waals surface area contributed by atoms with Crippen molar-refractivity contribution in [2.24, 2.45) is 5.92 Å². The Morgan fingerprint density at radius 3 is 2.17 bits per heavy atom. The lowest BCUT2D eigenvalue weighted by Gasteiger charge is -2.36. The Labute approximate surface area is 129 Å². The van der Waals surface area contributed by atoms with Gasteiger partial charge in [-0.1, -0.05) is 22.6 Å². The predicted molar refractivity (Wildman–Crippen MR) is 84.4 cm³/mol. The van der Waals surface area contributed by atoms with Gasteiger partial charge in [0.05, 0.1) is 0 Å². The second-order valence-electron chi connectivity index (χ2n) is 5.80. The summed E-state index contributed by atoms with van der Waals surface area (Å²) in [6, 6.07) is 0.435. The van der Waals surface area contributed by atoms with Gasteiger partial charge in [-0.05, 0) is 51.4 Å². The number of hydrogen-bond donors (Lipinski definition) is 0. The van der Waals surface area contributed by atoms with Crippen LogP contribution in [0.25, 0.3) is 0 Å². The summed E-state index contributed by atoms with van der Waals surface area (Å²) in [4.78, 5) is 14.5. The van der Waals surface area contributed by atoms with E-state index in [1.165, 1.54) is 12.8 Å². The lowest BCUT2D eigenvalue weighted by molar-refractivity contribution is -0.137. The molecule has 2 nitrogen and oxygen atoms in total. The van der Waals surface area contributed by atoms with Crippen LogP contribution < -0.4 is 0 Å². The maximum Gasteiger partial charge on any atom is 0.225 e. The minimum Gasteiger partial charge on any atom is -0.343 e. The molecule has 4 heteroatoms. The molecular formula is C14H23ClINO. The molecule has 0 radical (unpaired) electrons. The first-order chi connectivity index (χ1) is 8.58. The Hall–Kier alpha value is 0.490. The zero-order chi connectivity index (χ0) is 13.1.